The number of aldehydes is 1. The molecule has 2 rings (SSSR count). The number of piperazine rings is 1. The van der Waals surface area contributed by atoms with Crippen LogP contribution < -0.4 is 4.90 Å². The molecule has 0 saturated carbocycles. The zero-order valence-electron chi connectivity index (χ0n) is 14.0. The lowest BCUT2D eigenvalue weighted by Gasteiger charge is -2.36. The van der Waals surface area contributed by atoms with Crippen LogP contribution in [0.1, 0.15) is 31.1 Å². The molecular weight excluding hydrogens is 314 g/mol. The predicted octanol–water partition coefficient (Wildman–Crippen LogP) is 2.46. The number of benzene rings is 1. The van der Waals surface area contributed by atoms with Crippen molar-refractivity contribution in [3.05, 3.63) is 33.9 Å². The van der Waals surface area contributed by atoms with E-state index in [0.29, 0.717) is 38.2 Å². The van der Waals surface area contributed by atoms with Crippen LogP contribution in [-0.2, 0) is 4.74 Å². The highest BCUT2D eigenvalue weighted by molar-refractivity contribution is 5.87. The van der Waals surface area contributed by atoms with Crippen molar-refractivity contribution in [2.45, 2.75) is 26.4 Å². The molecular formula is C16H21N3O5. The number of hydrogen-bond acceptors (Lipinski definition) is 6. The van der Waals surface area contributed by atoms with Gasteiger partial charge >= 0.3 is 11.8 Å². The Kier molecular flexibility index (Phi) is 5.06. The maximum atomic E-state index is 12.1. The van der Waals surface area contributed by atoms with Crippen LogP contribution in [0, 0.1) is 10.1 Å². The van der Waals surface area contributed by atoms with Crippen molar-refractivity contribution in [3.63, 3.8) is 0 Å². The Hall–Kier alpha value is -2.64. The molecule has 8 nitrogen and oxygen atoms in total. The predicted molar refractivity (Wildman–Crippen MR) is 88.5 cm³/mol. The summed E-state index contributed by atoms with van der Waals surface area (Å²) in [5, 5.41) is 11.3. The number of nitro groups is 1. The van der Waals surface area contributed by atoms with Gasteiger partial charge in [0, 0.05) is 26.2 Å². The molecule has 0 aliphatic carbocycles. The molecule has 8 heteroatoms. The molecule has 130 valence electrons. The van der Waals surface area contributed by atoms with E-state index in [1.807, 2.05) is 4.90 Å². The van der Waals surface area contributed by atoms with E-state index in [4.69, 9.17) is 4.74 Å². The number of nitro benzene ring substituents is 1. The highest BCUT2D eigenvalue weighted by atomic mass is 16.6. The molecule has 0 N–H and O–H groups in total. The summed E-state index contributed by atoms with van der Waals surface area (Å²) < 4.78 is 5.33. The summed E-state index contributed by atoms with van der Waals surface area (Å²) in [7, 11) is 0. The lowest BCUT2D eigenvalue weighted by atomic mass is 10.1. The van der Waals surface area contributed by atoms with Crippen molar-refractivity contribution in [2.75, 3.05) is 31.1 Å². The van der Waals surface area contributed by atoms with Gasteiger partial charge in [-0.1, -0.05) is 6.07 Å². The maximum absolute atomic E-state index is 12.1. The second kappa shape index (κ2) is 6.86. The summed E-state index contributed by atoms with van der Waals surface area (Å²) in [6.07, 6.45) is 0.0942. The smallest absolute Gasteiger partial charge is 0.410 e. The van der Waals surface area contributed by atoms with Gasteiger partial charge in [-0.05, 0) is 32.9 Å². The third kappa shape index (κ3) is 4.01. The minimum atomic E-state index is -0.564. The number of anilines is 1. The van der Waals surface area contributed by atoms with Crippen molar-refractivity contribution >= 4 is 23.8 Å². The lowest BCUT2D eigenvalue weighted by Crippen LogP contribution is -2.50. The summed E-state index contributed by atoms with van der Waals surface area (Å²) in [6.45, 7) is 7.07. The monoisotopic (exact) mass is 335 g/mol. The molecule has 0 radical (unpaired) electrons. The van der Waals surface area contributed by atoms with Crippen LogP contribution in [0.4, 0.5) is 16.2 Å². The van der Waals surface area contributed by atoms with Gasteiger partial charge in [-0.3, -0.25) is 14.9 Å². The number of carbonyl (C=O) groups excluding carboxylic acids is 2. The molecule has 0 aromatic heterocycles. The second-order valence-electron chi connectivity index (χ2n) is 6.54. The first-order chi connectivity index (χ1) is 11.2. The van der Waals surface area contributed by atoms with E-state index in [2.05, 4.69) is 0 Å². The van der Waals surface area contributed by atoms with Gasteiger partial charge < -0.3 is 14.5 Å². The molecule has 1 aromatic carbocycles. The van der Waals surface area contributed by atoms with Gasteiger partial charge in [-0.2, -0.15) is 0 Å². The van der Waals surface area contributed by atoms with E-state index in [1.165, 1.54) is 6.07 Å². The summed E-state index contributed by atoms with van der Waals surface area (Å²) in [6, 6.07) is 4.66. The van der Waals surface area contributed by atoms with Crippen LogP contribution in [0.2, 0.25) is 0 Å². The Balaban J connectivity index is 2.12. The Morgan fingerprint density at radius 1 is 1.25 bits per heavy atom. The molecule has 1 amide bonds. The third-order valence-electron chi connectivity index (χ3n) is 3.63. The van der Waals surface area contributed by atoms with Gasteiger partial charge in [-0.15, -0.1) is 0 Å². The van der Waals surface area contributed by atoms with E-state index >= 15 is 0 Å². The topological polar surface area (TPSA) is 93.0 Å². The van der Waals surface area contributed by atoms with Crippen LogP contribution in [0.25, 0.3) is 0 Å². The van der Waals surface area contributed by atoms with Crippen molar-refractivity contribution in [1.82, 2.24) is 4.90 Å². The normalized spacial score (nSPS) is 15.1. The highest BCUT2D eigenvalue weighted by Crippen LogP contribution is 2.31. The first-order valence-corrected chi connectivity index (χ1v) is 7.68. The number of carbonyl (C=O) groups is 2. The molecule has 1 aliphatic heterocycles. The van der Waals surface area contributed by atoms with E-state index in [9.17, 15) is 19.7 Å². The second-order valence-corrected chi connectivity index (χ2v) is 6.54. The number of hydrogen-bond donors (Lipinski definition) is 0. The van der Waals surface area contributed by atoms with Crippen LogP contribution in [0.3, 0.4) is 0 Å². The van der Waals surface area contributed by atoms with Crippen LogP contribution in [0.15, 0.2) is 18.2 Å². The zero-order chi connectivity index (χ0) is 17.9. The fourth-order valence-corrected chi connectivity index (χ4v) is 2.55. The Morgan fingerprint density at radius 3 is 2.38 bits per heavy atom. The van der Waals surface area contributed by atoms with Gasteiger partial charge in [-0.25, -0.2) is 4.79 Å². The summed E-state index contributed by atoms with van der Waals surface area (Å²) in [5.74, 6) is 0. The van der Waals surface area contributed by atoms with Crippen LogP contribution >= 0.6 is 0 Å². The number of nitrogens with zero attached hydrogens (tertiary/aromatic N) is 3. The standard InChI is InChI=1S/C16H21N3O5/c1-16(2,3)24-15(21)18-9-7-17(8-10-18)13-6-4-5-12(11-20)14(13)19(22)23/h4-6,11H,7-10H2,1-3H3. The summed E-state index contributed by atoms with van der Waals surface area (Å²) >= 11 is 0. The zero-order valence-corrected chi connectivity index (χ0v) is 14.0. The first-order valence-electron chi connectivity index (χ1n) is 7.68. The summed E-state index contributed by atoms with van der Waals surface area (Å²) in [4.78, 5) is 37.3. The van der Waals surface area contributed by atoms with Gasteiger partial charge in [0.25, 0.3) is 0 Å². The average Bonchev–Trinajstić information content (AvgIpc) is 2.52. The largest absolute Gasteiger partial charge is 0.444 e. The third-order valence-corrected chi connectivity index (χ3v) is 3.63. The van der Waals surface area contributed by atoms with Crippen LogP contribution in [-0.4, -0.2) is 54.0 Å². The Morgan fingerprint density at radius 2 is 1.88 bits per heavy atom. The lowest BCUT2D eigenvalue weighted by molar-refractivity contribution is -0.384. The highest BCUT2D eigenvalue weighted by Gasteiger charge is 2.29. The summed E-state index contributed by atoms with van der Waals surface area (Å²) in [5.41, 5.74) is -0.315. The minimum Gasteiger partial charge on any atom is -0.444 e. The van der Waals surface area contributed by atoms with Crippen LogP contribution in [0.5, 0.6) is 0 Å². The Labute approximate surface area is 140 Å². The number of amides is 1. The molecule has 24 heavy (non-hydrogen) atoms. The minimum absolute atomic E-state index is 0.0482. The molecule has 1 aromatic rings. The number of rotatable bonds is 3. The van der Waals surface area contributed by atoms with Crippen molar-refractivity contribution in [3.8, 4) is 0 Å². The molecule has 0 spiro atoms. The first kappa shape index (κ1) is 17.7. The fourth-order valence-electron chi connectivity index (χ4n) is 2.55. The molecule has 1 fully saturated rings. The quantitative estimate of drug-likeness (QED) is 0.478. The van der Waals surface area contributed by atoms with Crippen molar-refractivity contribution < 1.29 is 19.2 Å². The van der Waals surface area contributed by atoms with E-state index < -0.39 is 16.6 Å². The van der Waals surface area contributed by atoms with E-state index in [1.54, 1.807) is 37.8 Å². The molecule has 0 atom stereocenters. The fraction of sp³-hybridized carbons (Fsp3) is 0.500. The molecule has 1 aliphatic rings. The van der Waals surface area contributed by atoms with Gasteiger partial charge in [0.15, 0.2) is 6.29 Å². The molecule has 1 saturated heterocycles. The van der Waals surface area contributed by atoms with Gasteiger partial charge in [0.2, 0.25) is 0 Å². The van der Waals surface area contributed by atoms with E-state index in [0.717, 1.165) is 0 Å². The van der Waals surface area contributed by atoms with Gasteiger partial charge in [0.1, 0.15) is 11.3 Å². The molecule has 1 heterocycles. The maximum Gasteiger partial charge on any atom is 0.410 e. The number of ether oxygens (including phenoxy) is 1. The SMILES string of the molecule is CC(C)(C)OC(=O)N1CCN(c2cccc(C=O)c2[N+](=O)[O-])CC1. The Bertz CT molecular complexity index is 646. The van der Waals surface area contributed by atoms with Gasteiger partial charge in [0.05, 0.1) is 10.5 Å². The van der Waals surface area contributed by atoms with Crippen molar-refractivity contribution in [2.24, 2.45) is 0 Å². The number of para-hydroxylation sites is 1. The van der Waals surface area contributed by atoms with E-state index in [-0.39, 0.29) is 11.3 Å². The average molecular weight is 335 g/mol. The molecule has 0 unspecified atom stereocenters. The van der Waals surface area contributed by atoms with Crippen molar-refractivity contribution in [1.29, 1.82) is 0 Å². The molecule has 0 bridgehead atoms.